The third-order valence-electron chi connectivity index (χ3n) is 5.09. The normalized spacial score (nSPS) is 18.5. The predicted octanol–water partition coefficient (Wildman–Crippen LogP) is 4.65. The van der Waals surface area contributed by atoms with Gasteiger partial charge < -0.3 is 9.32 Å². The lowest BCUT2D eigenvalue weighted by Gasteiger charge is -2.22. The number of benzene rings is 2. The van der Waals surface area contributed by atoms with E-state index in [-0.39, 0.29) is 11.8 Å². The van der Waals surface area contributed by atoms with Gasteiger partial charge in [-0.1, -0.05) is 60.7 Å². The Morgan fingerprint density at radius 2 is 1.69 bits per heavy atom. The average molecular weight is 345 g/mol. The molecule has 26 heavy (non-hydrogen) atoms. The summed E-state index contributed by atoms with van der Waals surface area (Å²) in [5.41, 5.74) is 2.52. The van der Waals surface area contributed by atoms with Gasteiger partial charge in [-0.15, -0.1) is 0 Å². The van der Waals surface area contributed by atoms with Crippen molar-refractivity contribution >= 4 is 5.91 Å². The summed E-state index contributed by atoms with van der Waals surface area (Å²) in [4.78, 5) is 15.1. The van der Waals surface area contributed by atoms with Crippen molar-refractivity contribution in [2.24, 2.45) is 5.92 Å². The minimum absolute atomic E-state index is 0.100. The van der Waals surface area contributed by atoms with E-state index in [4.69, 9.17) is 4.42 Å². The zero-order valence-electron chi connectivity index (χ0n) is 14.8. The molecule has 3 aromatic rings. The van der Waals surface area contributed by atoms with Crippen LogP contribution >= 0.6 is 0 Å². The lowest BCUT2D eigenvalue weighted by atomic mass is 10.1. The van der Waals surface area contributed by atoms with E-state index in [1.165, 1.54) is 11.1 Å². The van der Waals surface area contributed by atoms with Gasteiger partial charge in [0.25, 0.3) is 0 Å². The van der Waals surface area contributed by atoms with Gasteiger partial charge in [-0.25, -0.2) is 0 Å². The molecule has 0 aliphatic heterocycles. The van der Waals surface area contributed by atoms with Gasteiger partial charge >= 0.3 is 0 Å². The molecule has 0 saturated heterocycles. The fraction of sp³-hybridized carbons (Fsp3) is 0.261. The minimum atomic E-state index is 0.100. The fourth-order valence-corrected chi connectivity index (χ4v) is 3.54. The third kappa shape index (κ3) is 3.88. The van der Waals surface area contributed by atoms with Crippen molar-refractivity contribution in [2.45, 2.75) is 25.3 Å². The largest absolute Gasteiger partial charge is 0.467 e. The van der Waals surface area contributed by atoms with Crippen molar-refractivity contribution in [1.82, 2.24) is 4.90 Å². The first kappa shape index (κ1) is 16.6. The molecule has 0 spiro atoms. The summed E-state index contributed by atoms with van der Waals surface area (Å²) in [5, 5.41) is 0. The van der Waals surface area contributed by atoms with Crippen LogP contribution in [0.15, 0.2) is 83.5 Å². The second-order valence-electron chi connectivity index (χ2n) is 6.93. The van der Waals surface area contributed by atoms with E-state index >= 15 is 0 Å². The topological polar surface area (TPSA) is 33.5 Å². The number of furan rings is 1. The summed E-state index contributed by atoms with van der Waals surface area (Å²) in [6.45, 7) is 1.25. The van der Waals surface area contributed by atoms with Gasteiger partial charge in [0, 0.05) is 12.5 Å². The molecule has 1 aromatic heterocycles. The van der Waals surface area contributed by atoms with Gasteiger partial charge in [0.2, 0.25) is 5.91 Å². The maximum atomic E-state index is 13.1. The summed E-state index contributed by atoms with van der Waals surface area (Å²) in [6.07, 6.45) is 3.47. The highest BCUT2D eigenvalue weighted by Gasteiger charge is 2.45. The maximum Gasteiger partial charge on any atom is 0.226 e. The first-order chi connectivity index (χ1) is 12.8. The number of carbonyl (C=O) groups is 1. The van der Waals surface area contributed by atoms with Crippen molar-refractivity contribution in [3.8, 4) is 0 Å². The number of amides is 1. The Hall–Kier alpha value is -2.81. The standard InChI is InChI=1S/C23H23NO2/c25-23(22-16-21(22)19-10-5-2-6-11-19)24(17-20-12-7-15-26-20)14-13-18-8-3-1-4-9-18/h1-12,15,21-22H,13-14,16-17H2. The number of hydrogen-bond acceptors (Lipinski definition) is 2. The van der Waals surface area contributed by atoms with Crippen molar-refractivity contribution in [3.63, 3.8) is 0 Å². The van der Waals surface area contributed by atoms with Gasteiger partial charge in [0.05, 0.1) is 12.8 Å². The van der Waals surface area contributed by atoms with Crippen LogP contribution in [-0.2, 0) is 17.8 Å². The fourth-order valence-electron chi connectivity index (χ4n) is 3.54. The number of nitrogens with zero attached hydrogens (tertiary/aromatic N) is 1. The summed E-state index contributed by atoms with van der Waals surface area (Å²) < 4.78 is 5.48. The Kier molecular flexibility index (Phi) is 4.87. The molecule has 1 saturated carbocycles. The van der Waals surface area contributed by atoms with E-state index in [2.05, 4.69) is 24.3 Å². The van der Waals surface area contributed by atoms with Gasteiger partial charge in [0.1, 0.15) is 5.76 Å². The molecule has 0 radical (unpaired) electrons. The van der Waals surface area contributed by atoms with Gasteiger partial charge in [-0.3, -0.25) is 4.79 Å². The quantitative estimate of drug-likeness (QED) is 0.624. The second kappa shape index (κ2) is 7.61. The van der Waals surface area contributed by atoms with E-state index in [9.17, 15) is 4.79 Å². The van der Waals surface area contributed by atoms with Crippen LogP contribution in [0, 0.1) is 5.92 Å². The van der Waals surface area contributed by atoms with Crippen LogP contribution in [0.1, 0.15) is 29.2 Å². The SMILES string of the molecule is O=C(C1CC1c1ccccc1)N(CCc1ccccc1)Cc1ccco1. The van der Waals surface area contributed by atoms with Crippen LogP contribution < -0.4 is 0 Å². The van der Waals surface area contributed by atoms with Gasteiger partial charge in [-0.2, -0.15) is 0 Å². The number of carbonyl (C=O) groups excluding carboxylic acids is 1. The summed E-state index contributed by atoms with van der Waals surface area (Å²) >= 11 is 0. The summed E-state index contributed by atoms with van der Waals surface area (Å²) in [7, 11) is 0. The molecule has 2 atom stereocenters. The molecule has 3 nitrogen and oxygen atoms in total. The molecule has 0 bridgehead atoms. The van der Waals surface area contributed by atoms with Crippen LogP contribution in [0.2, 0.25) is 0 Å². The smallest absolute Gasteiger partial charge is 0.226 e. The Morgan fingerprint density at radius 1 is 0.962 bits per heavy atom. The molecule has 2 unspecified atom stereocenters. The highest BCUT2D eigenvalue weighted by atomic mass is 16.3. The van der Waals surface area contributed by atoms with Crippen molar-refractivity contribution in [2.75, 3.05) is 6.54 Å². The molecule has 132 valence electrons. The minimum Gasteiger partial charge on any atom is -0.467 e. The lowest BCUT2D eigenvalue weighted by Crippen LogP contribution is -2.33. The second-order valence-corrected chi connectivity index (χ2v) is 6.93. The molecule has 1 amide bonds. The number of hydrogen-bond donors (Lipinski definition) is 0. The van der Waals surface area contributed by atoms with Crippen LogP contribution in [0.3, 0.4) is 0 Å². The average Bonchev–Trinajstić information content (AvgIpc) is 3.34. The van der Waals surface area contributed by atoms with Crippen molar-refractivity contribution < 1.29 is 9.21 Å². The van der Waals surface area contributed by atoms with E-state index in [1.807, 2.05) is 53.4 Å². The molecular weight excluding hydrogens is 322 g/mol. The Balaban J connectivity index is 1.44. The van der Waals surface area contributed by atoms with Crippen molar-refractivity contribution in [3.05, 3.63) is 95.9 Å². The highest BCUT2D eigenvalue weighted by Crippen LogP contribution is 2.48. The molecular formula is C23H23NO2. The first-order valence-electron chi connectivity index (χ1n) is 9.21. The highest BCUT2D eigenvalue weighted by molar-refractivity contribution is 5.83. The van der Waals surface area contributed by atoms with E-state index in [0.29, 0.717) is 19.0 Å². The molecule has 4 rings (SSSR count). The van der Waals surface area contributed by atoms with Crippen LogP contribution in [0.4, 0.5) is 0 Å². The summed E-state index contributed by atoms with van der Waals surface area (Å²) in [5.74, 6) is 1.54. The van der Waals surface area contributed by atoms with Crippen LogP contribution in [0.25, 0.3) is 0 Å². The van der Waals surface area contributed by atoms with Crippen LogP contribution in [0.5, 0.6) is 0 Å². The van der Waals surface area contributed by atoms with Gasteiger partial charge in [0.15, 0.2) is 0 Å². The Bertz CT molecular complexity index is 827. The van der Waals surface area contributed by atoms with Crippen LogP contribution in [-0.4, -0.2) is 17.4 Å². The summed E-state index contributed by atoms with van der Waals surface area (Å²) in [6, 6.07) is 24.5. The zero-order chi connectivity index (χ0) is 17.8. The Labute approximate surface area is 154 Å². The Morgan fingerprint density at radius 3 is 2.38 bits per heavy atom. The molecule has 1 aliphatic rings. The monoisotopic (exact) mass is 345 g/mol. The molecule has 1 aliphatic carbocycles. The molecule has 1 heterocycles. The zero-order valence-corrected chi connectivity index (χ0v) is 14.8. The molecule has 2 aromatic carbocycles. The predicted molar refractivity (Wildman–Crippen MR) is 102 cm³/mol. The first-order valence-corrected chi connectivity index (χ1v) is 9.21. The van der Waals surface area contributed by atoms with E-state index in [1.54, 1.807) is 6.26 Å². The molecule has 3 heteroatoms. The molecule has 0 N–H and O–H groups in total. The molecule has 1 fully saturated rings. The maximum absolute atomic E-state index is 13.1. The van der Waals surface area contributed by atoms with Crippen molar-refractivity contribution in [1.29, 1.82) is 0 Å². The van der Waals surface area contributed by atoms with Gasteiger partial charge in [-0.05, 0) is 42.0 Å². The van der Waals surface area contributed by atoms with E-state index < -0.39 is 0 Å². The third-order valence-corrected chi connectivity index (χ3v) is 5.09. The lowest BCUT2D eigenvalue weighted by molar-refractivity contribution is -0.133. The number of rotatable bonds is 7. The van der Waals surface area contributed by atoms with E-state index in [0.717, 1.165) is 18.6 Å².